The highest BCUT2D eigenvalue weighted by atomic mass is 35.5. The zero-order valence-corrected chi connectivity index (χ0v) is 14.8. The maximum atomic E-state index is 14.1. The van der Waals surface area contributed by atoms with Crippen molar-refractivity contribution in [3.8, 4) is 5.88 Å². The molecule has 1 aliphatic heterocycles. The van der Waals surface area contributed by atoms with Crippen LogP contribution in [0.1, 0.15) is 19.8 Å². The summed E-state index contributed by atoms with van der Waals surface area (Å²) in [5, 5.41) is 2.24. The minimum absolute atomic E-state index is 0.0362. The first-order valence-electron chi connectivity index (χ1n) is 7.81. The highest BCUT2D eigenvalue weighted by molar-refractivity contribution is 6.30. The lowest BCUT2D eigenvalue weighted by Gasteiger charge is -2.18. The SMILES string of the molecule is CC1CCNC(COc2nc(Cl)c(F)c3nc(Cl)[nH]c(=O)c23)CC1F. The molecule has 6 nitrogen and oxygen atoms in total. The summed E-state index contributed by atoms with van der Waals surface area (Å²) in [5.41, 5.74) is -1.02. The highest BCUT2D eigenvalue weighted by Gasteiger charge is 2.26. The number of nitrogens with one attached hydrogen (secondary N) is 2. The fourth-order valence-corrected chi connectivity index (χ4v) is 3.13. The van der Waals surface area contributed by atoms with Crippen LogP contribution in [0.4, 0.5) is 8.78 Å². The Bertz CT molecular complexity index is 848. The third kappa shape index (κ3) is 3.86. The normalized spacial score (nSPS) is 24.3. The number of alkyl halides is 1. The van der Waals surface area contributed by atoms with Crippen molar-refractivity contribution < 1.29 is 13.5 Å². The maximum Gasteiger partial charge on any atom is 0.265 e. The van der Waals surface area contributed by atoms with Gasteiger partial charge in [0.25, 0.3) is 5.56 Å². The lowest BCUT2D eigenvalue weighted by atomic mass is 9.99. The molecule has 25 heavy (non-hydrogen) atoms. The van der Waals surface area contributed by atoms with Crippen LogP contribution in [0.3, 0.4) is 0 Å². The average molecular weight is 393 g/mol. The number of fused-ring (bicyclic) bond motifs is 1. The highest BCUT2D eigenvalue weighted by Crippen LogP contribution is 2.27. The molecule has 0 aromatic carbocycles. The summed E-state index contributed by atoms with van der Waals surface area (Å²) in [6.07, 6.45) is 0.0478. The van der Waals surface area contributed by atoms with Crippen molar-refractivity contribution in [2.75, 3.05) is 13.2 Å². The quantitative estimate of drug-likeness (QED) is 0.619. The van der Waals surface area contributed by atoms with Gasteiger partial charge in [0.1, 0.15) is 23.7 Å². The molecule has 0 amide bonds. The predicted octanol–water partition coefficient (Wildman–Crippen LogP) is 2.87. The van der Waals surface area contributed by atoms with Crippen molar-refractivity contribution in [3.63, 3.8) is 0 Å². The molecule has 0 aliphatic carbocycles. The molecule has 2 aromatic heterocycles. The van der Waals surface area contributed by atoms with Crippen molar-refractivity contribution in [2.24, 2.45) is 5.92 Å². The lowest BCUT2D eigenvalue weighted by molar-refractivity contribution is 0.194. The van der Waals surface area contributed by atoms with Crippen LogP contribution in [0.15, 0.2) is 4.79 Å². The first-order chi connectivity index (χ1) is 11.9. The van der Waals surface area contributed by atoms with E-state index in [0.717, 1.165) is 6.42 Å². The van der Waals surface area contributed by atoms with Crippen molar-refractivity contribution in [2.45, 2.75) is 32.0 Å². The molecule has 0 saturated carbocycles. The van der Waals surface area contributed by atoms with E-state index in [1.807, 2.05) is 6.92 Å². The van der Waals surface area contributed by atoms with Crippen LogP contribution in [-0.2, 0) is 0 Å². The molecule has 0 spiro atoms. The molecule has 3 atom stereocenters. The largest absolute Gasteiger partial charge is 0.475 e. The van der Waals surface area contributed by atoms with Gasteiger partial charge in [-0.1, -0.05) is 18.5 Å². The van der Waals surface area contributed by atoms with E-state index in [-0.39, 0.29) is 47.1 Å². The third-order valence-corrected chi connectivity index (χ3v) is 4.70. The standard InChI is InChI=1S/C15H16Cl2F2N4O2/c1-6-2-3-20-7(4-8(6)18)5-25-14-9-11(10(19)12(16)22-14)21-15(17)23-13(9)24/h6-8,20H,2-5H2,1H3,(H,21,23,24). The smallest absolute Gasteiger partial charge is 0.265 e. The molecule has 1 fully saturated rings. The number of ether oxygens (including phenoxy) is 1. The van der Waals surface area contributed by atoms with Gasteiger partial charge < -0.3 is 10.1 Å². The summed E-state index contributed by atoms with van der Waals surface area (Å²) in [5.74, 6) is -1.16. The molecule has 3 rings (SSSR count). The molecule has 136 valence electrons. The fourth-order valence-electron chi connectivity index (χ4n) is 2.79. The molecule has 0 bridgehead atoms. The molecule has 1 saturated heterocycles. The van der Waals surface area contributed by atoms with Gasteiger partial charge in [-0.25, -0.2) is 13.8 Å². The number of H-pyrrole nitrogens is 1. The van der Waals surface area contributed by atoms with Gasteiger partial charge in [0.15, 0.2) is 11.0 Å². The Hall–Kier alpha value is -1.51. The van der Waals surface area contributed by atoms with Crippen LogP contribution in [-0.4, -0.2) is 40.3 Å². The number of aromatic nitrogens is 3. The number of halogens is 4. The van der Waals surface area contributed by atoms with Crippen LogP contribution < -0.4 is 15.6 Å². The summed E-state index contributed by atoms with van der Waals surface area (Å²) in [6, 6.07) is -0.264. The second-order valence-electron chi connectivity index (χ2n) is 6.08. The van der Waals surface area contributed by atoms with Gasteiger partial charge in [-0.05, 0) is 36.9 Å². The van der Waals surface area contributed by atoms with E-state index >= 15 is 0 Å². The summed E-state index contributed by atoms with van der Waals surface area (Å²) in [7, 11) is 0. The molecule has 3 unspecified atom stereocenters. The van der Waals surface area contributed by atoms with E-state index in [9.17, 15) is 13.6 Å². The van der Waals surface area contributed by atoms with E-state index in [1.165, 1.54) is 0 Å². The fraction of sp³-hybridized carbons (Fsp3) is 0.533. The van der Waals surface area contributed by atoms with Gasteiger partial charge in [0, 0.05) is 6.04 Å². The summed E-state index contributed by atoms with van der Waals surface area (Å²) in [6.45, 7) is 2.57. The van der Waals surface area contributed by atoms with E-state index in [0.29, 0.717) is 6.54 Å². The first-order valence-corrected chi connectivity index (χ1v) is 8.57. The average Bonchev–Trinajstić information content (AvgIpc) is 2.70. The van der Waals surface area contributed by atoms with Crippen LogP contribution >= 0.6 is 23.2 Å². The Kier molecular flexibility index (Phi) is 5.41. The topological polar surface area (TPSA) is 79.9 Å². The van der Waals surface area contributed by atoms with Crippen molar-refractivity contribution >= 4 is 34.1 Å². The molecule has 10 heteroatoms. The van der Waals surface area contributed by atoms with Gasteiger partial charge >= 0.3 is 0 Å². The minimum atomic E-state index is -0.956. The minimum Gasteiger partial charge on any atom is -0.475 e. The summed E-state index contributed by atoms with van der Waals surface area (Å²) in [4.78, 5) is 21.9. The predicted molar refractivity (Wildman–Crippen MR) is 90.7 cm³/mol. The van der Waals surface area contributed by atoms with Crippen molar-refractivity contribution in [1.82, 2.24) is 20.3 Å². The number of hydrogen-bond donors (Lipinski definition) is 2. The second kappa shape index (κ2) is 7.39. The van der Waals surface area contributed by atoms with Crippen LogP contribution in [0, 0.1) is 11.7 Å². The number of pyridine rings is 1. The Morgan fingerprint density at radius 1 is 1.36 bits per heavy atom. The zero-order chi connectivity index (χ0) is 18.1. The number of rotatable bonds is 3. The van der Waals surface area contributed by atoms with Gasteiger partial charge in [0.05, 0.1) is 0 Å². The third-order valence-electron chi connectivity index (χ3n) is 4.27. The molecule has 1 aliphatic rings. The van der Waals surface area contributed by atoms with Gasteiger partial charge in [-0.15, -0.1) is 0 Å². The monoisotopic (exact) mass is 392 g/mol. The van der Waals surface area contributed by atoms with Gasteiger partial charge in [-0.2, -0.15) is 4.98 Å². The van der Waals surface area contributed by atoms with E-state index in [4.69, 9.17) is 27.9 Å². The Balaban J connectivity index is 1.89. The van der Waals surface area contributed by atoms with E-state index in [2.05, 4.69) is 20.3 Å². The summed E-state index contributed by atoms with van der Waals surface area (Å²) >= 11 is 11.4. The molecule has 2 N–H and O–H groups in total. The van der Waals surface area contributed by atoms with Crippen LogP contribution in [0.2, 0.25) is 10.4 Å². The lowest BCUT2D eigenvalue weighted by Crippen LogP contribution is -2.35. The molecule has 3 heterocycles. The van der Waals surface area contributed by atoms with Gasteiger partial charge in [-0.3, -0.25) is 9.78 Å². The van der Waals surface area contributed by atoms with E-state index in [1.54, 1.807) is 0 Å². The maximum absolute atomic E-state index is 14.1. The Morgan fingerprint density at radius 3 is 2.88 bits per heavy atom. The zero-order valence-electron chi connectivity index (χ0n) is 13.3. The number of aromatic amines is 1. The van der Waals surface area contributed by atoms with Crippen LogP contribution in [0.5, 0.6) is 5.88 Å². The van der Waals surface area contributed by atoms with Crippen molar-refractivity contribution in [1.29, 1.82) is 0 Å². The molecule has 0 radical (unpaired) electrons. The summed E-state index contributed by atoms with van der Waals surface area (Å²) < 4.78 is 33.7. The number of nitrogens with zero attached hydrogens (tertiary/aromatic N) is 2. The molecular weight excluding hydrogens is 377 g/mol. The van der Waals surface area contributed by atoms with E-state index < -0.39 is 22.7 Å². The first kappa shape index (κ1) is 18.3. The van der Waals surface area contributed by atoms with Gasteiger partial charge in [0.2, 0.25) is 11.2 Å². The van der Waals surface area contributed by atoms with Crippen molar-refractivity contribution in [3.05, 3.63) is 26.6 Å². The Labute approximate surface area is 151 Å². The Morgan fingerprint density at radius 2 is 2.12 bits per heavy atom. The number of hydrogen-bond acceptors (Lipinski definition) is 5. The molecule has 2 aromatic rings. The second-order valence-corrected chi connectivity index (χ2v) is 6.80. The molecular formula is C15H16Cl2F2N4O2. The van der Waals surface area contributed by atoms with Crippen LogP contribution in [0.25, 0.3) is 10.9 Å².